The van der Waals surface area contributed by atoms with Crippen molar-refractivity contribution in [1.82, 2.24) is 0 Å². The minimum Gasteiger partial charge on any atom is -0.313 e. The van der Waals surface area contributed by atoms with Gasteiger partial charge in [0, 0.05) is 6.42 Å². The van der Waals surface area contributed by atoms with Crippen LogP contribution in [0.25, 0.3) is 0 Å². The minimum atomic E-state index is -0.166. The quantitative estimate of drug-likeness (QED) is 0.734. The molecule has 0 heterocycles. The van der Waals surface area contributed by atoms with Crippen LogP contribution in [0.3, 0.4) is 0 Å². The Morgan fingerprint density at radius 2 is 1.56 bits per heavy atom. The molecule has 0 atom stereocenters. The maximum absolute atomic E-state index is 13.5. The van der Waals surface area contributed by atoms with Gasteiger partial charge in [0.05, 0.1) is 0 Å². The number of benzene rings is 1. The Balaban J connectivity index is 3.40. The minimum absolute atomic E-state index is 0.166. The van der Waals surface area contributed by atoms with Crippen molar-refractivity contribution in [2.75, 3.05) is 0 Å². The third-order valence-corrected chi connectivity index (χ3v) is 2.83. The van der Waals surface area contributed by atoms with Crippen LogP contribution in [0.5, 0.6) is 0 Å². The fourth-order valence-corrected chi connectivity index (χ4v) is 2.05. The Labute approximate surface area is 97.2 Å². The van der Waals surface area contributed by atoms with Crippen LogP contribution < -0.4 is 0 Å². The first kappa shape index (κ1) is 12.9. The van der Waals surface area contributed by atoms with Crippen molar-refractivity contribution < 1.29 is 4.39 Å². The summed E-state index contributed by atoms with van der Waals surface area (Å²) >= 11 is 0. The van der Waals surface area contributed by atoms with Crippen LogP contribution >= 0.6 is 0 Å². The van der Waals surface area contributed by atoms with Gasteiger partial charge in [-0.15, -0.1) is 0 Å². The van der Waals surface area contributed by atoms with Crippen LogP contribution in [0.2, 0.25) is 0 Å². The summed E-state index contributed by atoms with van der Waals surface area (Å²) in [6.45, 7) is 8.25. The molecule has 0 saturated carbocycles. The summed E-state index contributed by atoms with van der Waals surface area (Å²) in [5, 5.41) is 7.25. The second-order valence-electron chi connectivity index (χ2n) is 4.78. The second kappa shape index (κ2) is 5.24. The zero-order valence-electron chi connectivity index (χ0n) is 10.5. The van der Waals surface area contributed by atoms with E-state index in [1.807, 2.05) is 0 Å². The van der Waals surface area contributed by atoms with Gasteiger partial charge in [-0.1, -0.05) is 27.7 Å². The van der Waals surface area contributed by atoms with Gasteiger partial charge in [-0.3, -0.25) is 0 Å². The summed E-state index contributed by atoms with van der Waals surface area (Å²) in [5.41, 5.74) is 3.20. The van der Waals surface area contributed by atoms with Crippen LogP contribution in [0.1, 0.15) is 56.2 Å². The summed E-state index contributed by atoms with van der Waals surface area (Å²) in [7, 11) is 0. The largest absolute Gasteiger partial charge is 0.313 e. The average molecular weight is 221 g/mol. The van der Waals surface area contributed by atoms with Crippen LogP contribution in [0, 0.1) is 11.2 Å². The molecule has 0 saturated heterocycles. The van der Waals surface area contributed by atoms with Gasteiger partial charge in [-0.2, -0.15) is 0 Å². The third-order valence-electron chi connectivity index (χ3n) is 2.83. The molecule has 16 heavy (non-hydrogen) atoms. The zero-order valence-corrected chi connectivity index (χ0v) is 10.5. The predicted octanol–water partition coefficient (Wildman–Crippen LogP) is 4.26. The van der Waals surface area contributed by atoms with E-state index in [2.05, 4.69) is 27.7 Å². The van der Waals surface area contributed by atoms with E-state index in [4.69, 9.17) is 5.41 Å². The molecule has 0 unspecified atom stereocenters. The number of nitrogens with one attached hydrogen (secondary N) is 1. The highest BCUT2D eigenvalue weighted by Gasteiger charge is 2.14. The monoisotopic (exact) mass is 221 g/mol. The van der Waals surface area contributed by atoms with Gasteiger partial charge in [0.15, 0.2) is 0 Å². The molecule has 1 rings (SSSR count). The van der Waals surface area contributed by atoms with Crippen LogP contribution in [-0.4, -0.2) is 6.21 Å². The predicted molar refractivity (Wildman–Crippen MR) is 67.1 cm³/mol. The Hall–Kier alpha value is -1.18. The molecule has 2 heteroatoms. The molecule has 1 aromatic carbocycles. The highest BCUT2D eigenvalue weighted by atomic mass is 19.1. The standard InChI is InChI=1S/C14H20FN/c1-9(2)13-7-11(15)8-14(10(3)4)12(13)5-6-16/h6-10,16H,5H2,1-4H3. The molecule has 0 aliphatic rings. The summed E-state index contributed by atoms with van der Waals surface area (Å²) in [6.07, 6.45) is 1.99. The molecule has 0 aromatic heterocycles. The maximum Gasteiger partial charge on any atom is 0.123 e. The van der Waals surface area contributed by atoms with Crippen LogP contribution in [-0.2, 0) is 6.42 Å². The van der Waals surface area contributed by atoms with E-state index in [0.717, 1.165) is 16.7 Å². The first-order chi connectivity index (χ1) is 7.47. The van der Waals surface area contributed by atoms with Gasteiger partial charge in [0.25, 0.3) is 0 Å². The third kappa shape index (κ3) is 2.69. The molecule has 0 radical (unpaired) electrons. The molecule has 0 bridgehead atoms. The van der Waals surface area contributed by atoms with Crippen molar-refractivity contribution in [1.29, 1.82) is 5.41 Å². The summed E-state index contributed by atoms with van der Waals surface area (Å²) in [4.78, 5) is 0. The Kier molecular flexibility index (Phi) is 4.22. The molecular weight excluding hydrogens is 201 g/mol. The first-order valence-corrected chi connectivity index (χ1v) is 5.78. The van der Waals surface area contributed by atoms with Crippen molar-refractivity contribution in [2.24, 2.45) is 0 Å². The van der Waals surface area contributed by atoms with E-state index in [0.29, 0.717) is 18.3 Å². The van der Waals surface area contributed by atoms with E-state index in [9.17, 15) is 4.39 Å². The Morgan fingerprint density at radius 3 is 1.88 bits per heavy atom. The summed E-state index contributed by atoms with van der Waals surface area (Å²) in [5.74, 6) is 0.424. The van der Waals surface area contributed by atoms with Gasteiger partial charge >= 0.3 is 0 Å². The van der Waals surface area contributed by atoms with Gasteiger partial charge in [-0.25, -0.2) is 4.39 Å². The van der Waals surface area contributed by atoms with Gasteiger partial charge < -0.3 is 5.41 Å². The number of hydrogen-bond acceptors (Lipinski definition) is 1. The Bertz CT molecular complexity index is 351. The van der Waals surface area contributed by atoms with Crippen molar-refractivity contribution >= 4 is 6.21 Å². The summed E-state index contributed by atoms with van der Waals surface area (Å²) in [6, 6.07) is 3.21. The lowest BCUT2D eigenvalue weighted by atomic mass is 9.87. The van der Waals surface area contributed by atoms with Crippen LogP contribution in [0.4, 0.5) is 4.39 Å². The number of rotatable bonds is 4. The fraction of sp³-hybridized carbons (Fsp3) is 0.500. The molecule has 0 amide bonds. The lowest BCUT2D eigenvalue weighted by Crippen LogP contribution is -2.05. The number of halogens is 1. The summed E-state index contributed by atoms with van der Waals surface area (Å²) < 4.78 is 13.5. The maximum atomic E-state index is 13.5. The highest BCUT2D eigenvalue weighted by molar-refractivity contribution is 5.61. The van der Waals surface area contributed by atoms with Crippen LogP contribution in [0.15, 0.2) is 12.1 Å². The highest BCUT2D eigenvalue weighted by Crippen LogP contribution is 2.29. The lowest BCUT2D eigenvalue weighted by Gasteiger charge is -2.18. The zero-order chi connectivity index (χ0) is 12.3. The van der Waals surface area contributed by atoms with E-state index in [1.165, 1.54) is 6.21 Å². The Morgan fingerprint density at radius 1 is 1.12 bits per heavy atom. The number of hydrogen-bond donors (Lipinski definition) is 1. The molecule has 0 aliphatic carbocycles. The normalized spacial score (nSPS) is 11.2. The topological polar surface area (TPSA) is 23.9 Å². The second-order valence-corrected chi connectivity index (χ2v) is 4.78. The van der Waals surface area contributed by atoms with Crippen molar-refractivity contribution in [3.8, 4) is 0 Å². The molecule has 1 nitrogen and oxygen atoms in total. The van der Waals surface area contributed by atoms with E-state index < -0.39 is 0 Å². The van der Waals surface area contributed by atoms with Crippen molar-refractivity contribution in [3.05, 3.63) is 34.6 Å². The molecule has 0 fully saturated rings. The fourth-order valence-electron chi connectivity index (χ4n) is 2.05. The van der Waals surface area contributed by atoms with Crippen molar-refractivity contribution in [3.63, 3.8) is 0 Å². The van der Waals surface area contributed by atoms with Crippen molar-refractivity contribution in [2.45, 2.75) is 46.0 Å². The molecular formula is C14H20FN. The molecule has 0 spiro atoms. The van der Waals surface area contributed by atoms with E-state index in [-0.39, 0.29) is 5.82 Å². The molecule has 0 aliphatic heterocycles. The first-order valence-electron chi connectivity index (χ1n) is 5.78. The SMILES string of the molecule is CC(C)c1cc(F)cc(C(C)C)c1CC=N. The lowest BCUT2D eigenvalue weighted by molar-refractivity contribution is 0.616. The molecule has 1 aromatic rings. The average Bonchev–Trinajstić information content (AvgIpc) is 2.19. The van der Waals surface area contributed by atoms with Gasteiger partial charge in [0.1, 0.15) is 5.82 Å². The smallest absolute Gasteiger partial charge is 0.123 e. The molecule has 1 N–H and O–H groups in total. The van der Waals surface area contributed by atoms with Gasteiger partial charge in [0.2, 0.25) is 0 Å². The van der Waals surface area contributed by atoms with Gasteiger partial charge in [-0.05, 0) is 46.9 Å². The molecule has 88 valence electrons. The van der Waals surface area contributed by atoms with E-state index >= 15 is 0 Å². The van der Waals surface area contributed by atoms with E-state index in [1.54, 1.807) is 12.1 Å².